The van der Waals surface area contributed by atoms with Crippen LogP contribution in [0.15, 0.2) is 13.2 Å². The van der Waals surface area contributed by atoms with Crippen molar-refractivity contribution in [2.24, 2.45) is 0 Å². The maximum absolute atomic E-state index is 10.9. The van der Waals surface area contributed by atoms with Crippen molar-refractivity contribution in [3.05, 3.63) is 8.85 Å². The molecule has 2 nitrogen and oxygen atoms in total. The first kappa shape index (κ1) is 8.12. The molecule has 0 fully saturated rings. The van der Waals surface area contributed by atoms with E-state index in [0.29, 0.717) is 0 Å². The molecule has 0 bridgehead atoms. The van der Waals surface area contributed by atoms with Gasteiger partial charge in [-0.05, 0) is 0 Å². The van der Waals surface area contributed by atoms with Crippen LogP contribution in [0, 0.1) is 0 Å². The summed E-state index contributed by atoms with van der Waals surface area (Å²) in [4.78, 5) is 10.9. The van der Waals surface area contributed by atoms with Gasteiger partial charge in [0, 0.05) is 7.11 Å². The highest BCUT2D eigenvalue weighted by Crippen LogP contribution is 2.51. The fraction of sp³-hybridized carbons (Fsp3) is 0.400. The van der Waals surface area contributed by atoms with Crippen LogP contribution in [-0.4, -0.2) is 11.9 Å². The summed E-state index contributed by atoms with van der Waals surface area (Å²) < 4.78 is 7.72. The third-order valence-electron chi connectivity index (χ3n) is 1.12. The molecule has 0 aliphatic carbocycles. The highest BCUT2D eigenvalue weighted by Gasteiger charge is 2.26. The molecule has 0 aromatic carbocycles. The molecular weight excluding hydrogens is 220 g/mol. The monoisotopic (exact) mass is 224 g/mol. The van der Waals surface area contributed by atoms with Crippen molar-refractivity contribution in [1.82, 2.24) is 0 Å². The summed E-state index contributed by atoms with van der Waals surface area (Å²) in [5.41, 5.74) is 0. The number of fused-ring (bicyclic) bond motifs is 1. The van der Waals surface area contributed by atoms with E-state index < -0.39 is 0 Å². The summed E-state index contributed by atoms with van der Waals surface area (Å²) in [6.45, 7) is 0. The van der Waals surface area contributed by atoms with Gasteiger partial charge in [0.2, 0.25) is 0 Å². The van der Waals surface area contributed by atoms with E-state index in [1.165, 1.54) is 22.7 Å². The number of thioether (sulfide) groups is 2. The Balaban J connectivity index is 2.30. The molecule has 1 aromatic rings. The Morgan fingerprint density at radius 2 is 1.82 bits per heavy atom. The fourth-order valence-corrected chi connectivity index (χ4v) is 6.46. The van der Waals surface area contributed by atoms with E-state index in [2.05, 4.69) is 0 Å². The van der Waals surface area contributed by atoms with Gasteiger partial charge in [-0.15, -0.1) is 0 Å². The smallest absolute Gasteiger partial charge is 0.289 e. The van der Waals surface area contributed by atoms with Crippen LogP contribution in [0.25, 0.3) is 0 Å². The average Bonchev–Trinajstić information content (AvgIpc) is 2.43. The van der Waals surface area contributed by atoms with Crippen LogP contribution in [0.5, 0.6) is 0 Å². The standard InChI is InChI=1S/C5H4O2S4/c1-7-5-10-2-3(11-5)9-4(6)8-2/h5H,1H3. The Kier molecular flexibility index (Phi) is 2.29. The summed E-state index contributed by atoms with van der Waals surface area (Å²) in [6, 6.07) is 0. The van der Waals surface area contributed by atoms with Gasteiger partial charge in [-0.25, -0.2) is 0 Å². The van der Waals surface area contributed by atoms with Crippen LogP contribution in [0.1, 0.15) is 0 Å². The molecular formula is C5H4O2S4. The van der Waals surface area contributed by atoms with Crippen LogP contribution in [0.4, 0.5) is 0 Å². The number of hydrogen-bond acceptors (Lipinski definition) is 6. The number of rotatable bonds is 1. The normalized spacial score (nSPS) is 17.2. The largest absolute Gasteiger partial charge is 0.360 e. The second-order valence-electron chi connectivity index (χ2n) is 1.79. The maximum atomic E-state index is 10.9. The molecule has 0 N–H and O–H groups in total. The molecule has 2 rings (SSSR count). The second kappa shape index (κ2) is 3.10. The molecule has 11 heavy (non-hydrogen) atoms. The van der Waals surface area contributed by atoms with Crippen molar-refractivity contribution in [2.75, 3.05) is 7.11 Å². The zero-order valence-corrected chi connectivity index (χ0v) is 8.79. The minimum Gasteiger partial charge on any atom is -0.360 e. The molecule has 1 aliphatic heterocycles. The van der Waals surface area contributed by atoms with Crippen LogP contribution < -0.4 is 4.06 Å². The predicted octanol–water partition coefficient (Wildman–Crippen LogP) is 2.30. The van der Waals surface area contributed by atoms with Crippen LogP contribution in [0.3, 0.4) is 0 Å². The van der Waals surface area contributed by atoms with E-state index in [9.17, 15) is 4.79 Å². The molecule has 0 amide bonds. The lowest BCUT2D eigenvalue weighted by molar-refractivity contribution is 0.236. The minimum absolute atomic E-state index is 0.160. The molecule has 0 saturated carbocycles. The van der Waals surface area contributed by atoms with Crippen molar-refractivity contribution < 1.29 is 4.74 Å². The molecule has 0 spiro atoms. The number of methoxy groups -OCH3 is 1. The first-order valence-electron chi connectivity index (χ1n) is 2.79. The number of ether oxygens (including phenoxy) is 1. The van der Waals surface area contributed by atoms with Gasteiger partial charge in [0.05, 0.1) is 8.42 Å². The van der Waals surface area contributed by atoms with Crippen molar-refractivity contribution in [3.8, 4) is 0 Å². The molecule has 60 valence electrons. The number of hydrogen-bond donors (Lipinski definition) is 0. The van der Waals surface area contributed by atoms with Crippen molar-refractivity contribution in [2.45, 2.75) is 13.2 Å². The fourth-order valence-electron chi connectivity index (χ4n) is 0.695. The highest BCUT2D eigenvalue weighted by molar-refractivity contribution is 8.21. The van der Waals surface area contributed by atoms with Gasteiger partial charge in [0.25, 0.3) is 4.06 Å². The van der Waals surface area contributed by atoms with E-state index in [-0.39, 0.29) is 8.82 Å². The van der Waals surface area contributed by atoms with Crippen LogP contribution >= 0.6 is 46.2 Å². The van der Waals surface area contributed by atoms with E-state index in [1.807, 2.05) is 0 Å². The van der Waals surface area contributed by atoms with Gasteiger partial charge >= 0.3 is 0 Å². The molecule has 0 radical (unpaired) electrons. The van der Waals surface area contributed by atoms with Crippen molar-refractivity contribution in [3.63, 3.8) is 0 Å². The molecule has 1 aliphatic rings. The van der Waals surface area contributed by atoms with Gasteiger partial charge in [-0.2, -0.15) is 0 Å². The van der Waals surface area contributed by atoms with Gasteiger partial charge in [0.1, 0.15) is 0 Å². The minimum atomic E-state index is 0.160. The predicted molar refractivity (Wildman–Crippen MR) is 51.0 cm³/mol. The van der Waals surface area contributed by atoms with Gasteiger partial charge < -0.3 is 4.74 Å². The quantitative estimate of drug-likeness (QED) is 0.731. The Hall–Kier alpha value is 0.510. The molecule has 0 saturated heterocycles. The lowest BCUT2D eigenvalue weighted by Gasteiger charge is -2.01. The Labute approximate surface area is 80.0 Å². The lowest BCUT2D eigenvalue weighted by Crippen LogP contribution is -1.92. The maximum Gasteiger partial charge on any atom is 0.289 e. The third-order valence-corrected chi connectivity index (χ3v) is 6.51. The molecule has 2 heterocycles. The van der Waals surface area contributed by atoms with Crippen molar-refractivity contribution in [1.29, 1.82) is 0 Å². The van der Waals surface area contributed by atoms with E-state index >= 15 is 0 Å². The molecule has 0 atom stereocenters. The van der Waals surface area contributed by atoms with Gasteiger partial charge in [-0.1, -0.05) is 46.2 Å². The SMILES string of the molecule is COC1Sc2sc(=O)sc2S1. The summed E-state index contributed by atoms with van der Waals surface area (Å²) in [7, 11) is 1.68. The van der Waals surface area contributed by atoms with Crippen molar-refractivity contribution >= 4 is 46.2 Å². The van der Waals surface area contributed by atoms with Gasteiger partial charge in [-0.3, -0.25) is 4.79 Å². The Morgan fingerprint density at radius 1 is 1.27 bits per heavy atom. The Morgan fingerprint density at radius 3 is 2.27 bits per heavy atom. The van der Waals surface area contributed by atoms with Crippen LogP contribution in [0.2, 0.25) is 0 Å². The zero-order valence-electron chi connectivity index (χ0n) is 5.53. The molecule has 0 unspecified atom stereocenters. The first-order chi connectivity index (χ1) is 5.29. The summed E-state index contributed by atoms with van der Waals surface area (Å²) in [6.07, 6.45) is 0. The lowest BCUT2D eigenvalue weighted by atomic mass is 11.1. The third kappa shape index (κ3) is 1.50. The van der Waals surface area contributed by atoms with Gasteiger partial charge in [0.15, 0.2) is 4.77 Å². The van der Waals surface area contributed by atoms with Crippen LogP contribution in [-0.2, 0) is 4.74 Å². The summed E-state index contributed by atoms with van der Waals surface area (Å²) in [5, 5.41) is 0. The Bertz CT molecular complexity index is 288. The van der Waals surface area contributed by atoms with E-state index in [4.69, 9.17) is 4.74 Å². The van der Waals surface area contributed by atoms with E-state index in [0.717, 1.165) is 8.42 Å². The van der Waals surface area contributed by atoms with E-state index in [1.54, 1.807) is 30.6 Å². The average molecular weight is 224 g/mol. The second-order valence-corrected chi connectivity index (χ2v) is 6.97. The zero-order chi connectivity index (χ0) is 7.84. The molecule has 6 heteroatoms. The molecule has 1 aromatic heterocycles. The first-order valence-corrected chi connectivity index (χ1v) is 6.19. The highest BCUT2D eigenvalue weighted by atomic mass is 32.2. The summed E-state index contributed by atoms with van der Waals surface area (Å²) >= 11 is 5.90. The topological polar surface area (TPSA) is 26.3 Å². The summed E-state index contributed by atoms with van der Waals surface area (Å²) in [5.74, 6) is 0.